The number of hydrogen-bond acceptors (Lipinski definition) is 5. The number of aromatic nitrogens is 4. The van der Waals surface area contributed by atoms with Crippen molar-refractivity contribution in [1.82, 2.24) is 19.7 Å². The summed E-state index contributed by atoms with van der Waals surface area (Å²) >= 11 is 1.68. The van der Waals surface area contributed by atoms with E-state index in [1.807, 2.05) is 49.5 Å². The maximum atomic E-state index is 5.59. The van der Waals surface area contributed by atoms with Crippen LogP contribution in [0.2, 0.25) is 0 Å². The predicted molar refractivity (Wildman–Crippen MR) is 116 cm³/mol. The Morgan fingerprint density at radius 1 is 0.966 bits per heavy atom. The molecule has 0 bridgehead atoms. The third kappa shape index (κ3) is 4.32. The highest BCUT2D eigenvalue weighted by Crippen LogP contribution is 2.30. The van der Waals surface area contributed by atoms with Crippen LogP contribution in [0.1, 0.15) is 18.1 Å². The second kappa shape index (κ2) is 8.92. The Morgan fingerprint density at radius 2 is 1.79 bits per heavy atom. The van der Waals surface area contributed by atoms with Gasteiger partial charge in [0.1, 0.15) is 5.75 Å². The molecule has 0 N–H and O–H groups in total. The molecule has 5 nitrogen and oxygen atoms in total. The molecule has 0 fully saturated rings. The Kier molecular flexibility index (Phi) is 5.91. The molecule has 0 unspecified atom stereocenters. The van der Waals surface area contributed by atoms with Crippen molar-refractivity contribution in [1.29, 1.82) is 0 Å². The highest BCUT2D eigenvalue weighted by molar-refractivity contribution is 7.98. The first-order chi connectivity index (χ1) is 14.3. The lowest BCUT2D eigenvalue weighted by Crippen LogP contribution is -2.01. The van der Waals surface area contributed by atoms with Crippen LogP contribution in [0.4, 0.5) is 0 Å². The predicted octanol–water partition coefficient (Wildman–Crippen LogP) is 5.33. The first-order valence-electron chi connectivity index (χ1n) is 9.52. The number of ether oxygens (including phenoxy) is 1. The van der Waals surface area contributed by atoms with Gasteiger partial charge in [-0.2, -0.15) is 0 Å². The molecule has 0 saturated heterocycles. The van der Waals surface area contributed by atoms with Gasteiger partial charge in [0.05, 0.1) is 6.61 Å². The van der Waals surface area contributed by atoms with E-state index in [1.54, 1.807) is 18.0 Å². The number of pyridine rings is 1. The monoisotopic (exact) mass is 402 g/mol. The molecule has 0 atom stereocenters. The van der Waals surface area contributed by atoms with Gasteiger partial charge in [0.2, 0.25) is 0 Å². The molecule has 146 valence electrons. The standard InChI is InChI=1S/C23H22N4OS/c1-3-28-21-12-10-20(11-13-21)27-22(18-9-6-14-24-15-18)25-26-23(27)29-16-19-8-5-4-7-17(19)2/h4-15H,3,16H2,1-2H3. The Bertz CT molecular complexity index is 1080. The minimum absolute atomic E-state index is 0.643. The third-order valence-electron chi connectivity index (χ3n) is 4.58. The number of hydrogen-bond donors (Lipinski definition) is 0. The van der Waals surface area contributed by atoms with E-state index in [0.29, 0.717) is 6.61 Å². The van der Waals surface area contributed by atoms with E-state index in [1.165, 1.54) is 11.1 Å². The maximum absolute atomic E-state index is 5.59. The summed E-state index contributed by atoms with van der Waals surface area (Å²) in [7, 11) is 0. The third-order valence-corrected chi connectivity index (χ3v) is 5.55. The molecule has 0 aliphatic carbocycles. The molecular formula is C23H22N4OS. The zero-order valence-corrected chi connectivity index (χ0v) is 17.3. The number of rotatable bonds is 7. The lowest BCUT2D eigenvalue weighted by atomic mass is 10.1. The molecular weight excluding hydrogens is 380 g/mol. The van der Waals surface area contributed by atoms with E-state index in [0.717, 1.165) is 33.7 Å². The van der Waals surface area contributed by atoms with Crippen molar-refractivity contribution in [3.63, 3.8) is 0 Å². The summed E-state index contributed by atoms with van der Waals surface area (Å²) in [4.78, 5) is 4.24. The molecule has 2 aromatic heterocycles. The molecule has 2 heterocycles. The van der Waals surface area contributed by atoms with Gasteiger partial charge in [-0.3, -0.25) is 9.55 Å². The van der Waals surface area contributed by atoms with E-state index in [4.69, 9.17) is 4.74 Å². The van der Waals surface area contributed by atoms with Crippen molar-refractivity contribution in [2.75, 3.05) is 6.61 Å². The molecule has 0 aliphatic heterocycles. The first-order valence-corrected chi connectivity index (χ1v) is 10.5. The number of benzene rings is 2. The van der Waals surface area contributed by atoms with Crippen LogP contribution < -0.4 is 4.74 Å². The lowest BCUT2D eigenvalue weighted by Gasteiger charge is -2.12. The van der Waals surface area contributed by atoms with Gasteiger partial charge in [0, 0.05) is 29.4 Å². The largest absolute Gasteiger partial charge is 0.494 e. The molecule has 4 rings (SSSR count). The average molecular weight is 403 g/mol. The number of aryl methyl sites for hydroxylation is 1. The summed E-state index contributed by atoms with van der Waals surface area (Å²) in [6.45, 7) is 4.76. The zero-order chi connectivity index (χ0) is 20.1. The molecule has 2 aromatic carbocycles. The molecule has 0 amide bonds. The minimum Gasteiger partial charge on any atom is -0.494 e. The van der Waals surface area contributed by atoms with Crippen LogP contribution in [-0.2, 0) is 5.75 Å². The van der Waals surface area contributed by atoms with Crippen LogP contribution in [0.3, 0.4) is 0 Å². The Labute approximate surface area is 174 Å². The van der Waals surface area contributed by atoms with Gasteiger partial charge in [0.25, 0.3) is 0 Å². The second-order valence-corrected chi connectivity index (χ2v) is 7.47. The fraction of sp³-hybridized carbons (Fsp3) is 0.174. The highest BCUT2D eigenvalue weighted by Gasteiger charge is 2.17. The van der Waals surface area contributed by atoms with E-state index in [2.05, 4.69) is 50.9 Å². The van der Waals surface area contributed by atoms with Crippen molar-refractivity contribution in [3.8, 4) is 22.8 Å². The summed E-state index contributed by atoms with van der Waals surface area (Å²) in [6.07, 6.45) is 3.57. The molecule has 29 heavy (non-hydrogen) atoms. The summed E-state index contributed by atoms with van der Waals surface area (Å²) in [6, 6.07) is 20.3. The smallest absolute Gasteiger partial charge is 0.196 e. The van der Waals surface area contributed by atoms with Gasteiger partial charge >= 0.3 is 0 Å². The van der Waals surface area contributed by atoms with Crippen LogP contribution in [0.25, 0.3) is 17.1 Å². The van der Waals surface area contributed by atoms with Gasteiger partial charge in [-0.05, 0) is 61.4 Å². The minimum atomic E-state index is 0.643. The van der Waals surface area contributed by atoms with Crippen LogP contribution in [0.5, 0.6) is 5.75 Å². The van der Waals surface area contributed by atoms with Crippen molar-refractivity contribution in [2.24, 2.45) is 0 Å². The Morgan fingerprint density at radius 3 is 2.52 bits per heavy atom. The van der Waals surface area contributed by atoms with Crippen molar-refractivity contribution in [3.05, 3.63) is 84.2 Å². The van der Waals surface area contributed by atoms with E-state index in [-0.39, 0.29) is 0 Å². The van der Waals surface area contributed by atoms with Crippen molar-refractivity contribution >= 4 is 11.8 Å². The first kappa shape index (κ1) is 19.2. The summed E-state index contributed by atoms with van der Waals surface area (Å²) < 4.78 is 7.67. The van der Waals surface area contributed by atoms with Gasteiger partial charge in [0.15, 0.2) is 11.0 Å². The van der Waals surface area contributed by atoms with Gasteiger partial charge in [-0.25, -0.2) is 0 Å². The van der Waals surface area contributed by atoms with Gasteiger partial charge in [-0.15, -0.1) is 10.2 Å². The lowest BCUT2D eigenvalue weighted by molar-refractivity contribution is 0.340. The maximum Gasteiger partial charge on any atom is 0.196 e. The summed E-state index contributed by atoms with van der Waals surface area (Å²) in [5.74, 6) is 2.45. The fourth-order valence-electron chi connectivity index (χ4n) is 3.05. The van der Waals surface area contributed by atoms with Crippen LogP contribution in [-0.4, -0.2) is 26.4 Å². The molecule has 0 saturated carbocycles. The second-order valence-electron chi connectivity index (χ2n) is 6.53. The van der Waals surface area contributed by atoms with E-state index >= 15 is 0 Å². The summed E-state index contributed by atoms with van der Waals surface area (Å²) in [5, 5.41) is 9.81. The van der Waals surface area contributed by atoms with Gasteiger partial charge in [-0.1, -0.05) is 36.0 Å². The number of nitrogens with zero attached hydrogens (tertiary/aromatic N) is 4. The topological polar surface area (TPSA) is 52.8 Å². The van der Waals surface area contributed by atoms with Crippen LogP contribution >= 0.6 is 11.8 Å². The summed E-state index contributed by atoms with van der Waals surface area (Å²) in [5.41, 5.74) is 4.49. The molecule has 6 heteroatoms. The van der Waals surface area contributed by atoms with Crippen LogP contribution in [0.15, 0.2) is 78.2 Å². The molecule has 0 aliphatic rings. The number of thioether (sulfide) groups is 1. The Balaban J connectivity index is 1.71. The normalized spacial score (nSPS) is 10.8. The van der Waals surface area contributed by atoms with Crippen LogP contribution in [0, 0.1) is 6.92 Å². The highest BCUT2D eigenvalue weighted by atomic mass is 32.2. The quantitative estimate of drug-likeness (QED) is 0.391. The van der Waals surface area contributed by atoms with E-state index < -0.39 is 0 Å². The zero-order valence-electron chi connectivity index (χ0n) is 16.4. The van der Waals surface area contributed by atoms with E-state index in [9.17, 15) is 0 Å². The molecule has 0 spiro atoms. The Hall–Kier alpha value is -3.12. The van der Waals surface area contributed by atoms with Crippen molar-refractivity contribution in [2.45, 2.75) is 24.8 Å². The molecule has 4 aromatic rings. The van der Waals surface area contributed by atoms with Gasteiger partial charge < -0.3 is 4.74 Å². The average Bonchev–Trinajstić information content (AvgIpc) is 3.18. The SMILES string of the molecule is CCOc1ccc(-n2c(SCc3ccccc3C)nnc2-c2cccnc2)cc1. The fourth-order valence-corrected chi connectivity index (χ4v) is 4.08. The van der Waals surface area contributed by atoms with Crippen molar-refractivity contribution < 1.29 is 4.74 Å². The molecule has 0 radical (unpaired) electrons.